The molecule has 0 amide bonds. The molecule has 2 aliphatic heterocycles. The second-order valence-corrected chi connectivity index (χ2v) is 5.67. The molecule has 0 aromatic heterocycles. The third-order valence-electron chi connectivity index (χ3n) is 4.31. The van der Waals surface area contributed by atoms with Gasteiger partial charge in [0.05, 0.1) is 13.2 Å². The van der Waals surface area contributed by atoms with Crippen molar-refractivity contribution in [1.29, 1.82) is 0 Å². The van der Waals surface area contributed by atoms with Crippen LogP contribution in [0.2, 0.25) is 0 Å². The van der Waals surface area contributed by atoms with E-state index in [1.807, 2.05) is 0 Å². The Kier molecular flexibility index (Phi) is 3.82. The zero-order valence-corrected chi connectivity index (χ0v) is 11.8. The highest BCUT2D eigenvalue weighted by atomic mass is 19.1. The van der Waals surface area contributed by atoms with E-state index in [-0.39, 0.29) is 29.5 Å². The number of nitrogens with zero attached hydrogens (tertiary/aromatic N) is 1. The number of hydrogen-bond donors (Lipinski definition) is 1. The Bertz CT molecular complexity index is 536. The number of piperidine rings is 1. The fourth-order valence-electron chi connectivity index (χ4n) is 3.09. The molecule has 0 spiro atoms. The molecule has 2 fully saturated rings. The number of rotatable bonds is 3. The number of carboxylic acids is 1. The van der Waals surface area contributed by atoms with Crippen LogP contribution in [-0.2, 0) is 4.74 Å². The van der Waals surface area contributed by atoms with Crippen molar-refractivity contribution in [3.05, 3.63) is 29.6 Å². The molecule has 1 aromatic rings. The van der Waals surface area contributed by atoms with Gasteiger partial charge in [0.1, 0.15) is 23.2 Å². The molecule has 2 saturated heterocycles. The lowest BCUT2D eigenvalue weighted by Crippen LogP contribution is -2.57. The number of aromatic carboxylic acids is 1. The number of morpholine rings is 1. The maximum absolute atomic E-state index is 13.4. The van der Waals surface area contributed by atoms with Crippen molar-refractivity contribution >= 4 is 5.97 Å². The largest absolute Gasteiger partial charge is 0.489 e. The van der Waals surface area contributed by atoms with E-state index >= 15 is 0 Å². The second kappa shape index (κ2) is 5.61. The van der Waals surface area contributed by atoms with Gasteiger partial charge in [-0.2, -0.15) is 0 Å². The number of benzene rings is 1. The van der Waals surface area contributed by atoms with Crippen LogP contribution in [0, 0.1) is 5.82 Å². The Hall–Kier alpha value is -1.66. The lowest BCUT2D eigenvalue weighted by Gasteiger charge is -2.46. The number of carboxylic acid groups (broad SMARTS) is 1. The van der Waals surface area contributed by atoms with Crippen LogP contribution in [0.1, 0.15) is 23.2 Å². The molecule has 0 aliphatic carbocycles. The monoisotopic (exact) mass is 295 g/mol. The summed E-state index contributed by atoms with van der Waals surface area (Å²) in [5.74, 6) is -1.50. The fourth-order valence-corrected chi connectivity index (χ4v) is 3.09. The van der Waals surface area contributed by atoms with Gasteiger partial charge in [0.2, 0.25) is 0 Å². The van der Waals surface area contributed by atoms with Gasteiger partial charge >= 0.3 is 5.97 Å². The van der Waals surface area contributed by atoms with Crippen LogP contribution in [-0.4, -0.2) is 54.4 Å². The van der Waals surface area contributed by atoms with Gasteiger partial charge in [-0.15, -0.1) is 0 Å². The van der Waals surface area contributed by atoms with Crippen LogP contribution < -0.4 is 4.74 Å². The number of carbonyl (C=O) groups is 1. The molecule has 114 valence electrons. The van der Waals surface area contributed by atoms with Gasteiger partial charge in [-0.3, -0.25) is 4.90 Å². The second-order valence-electron chi connectivity index (χ2n) is 5.67. The lowest BCUT2D eigenvalue weighted by molar-refractivity contribution is -0.0880. The van der Waals surface area contributed by atoms with Gasteiger partial charge in [-0.05, 0) is 19.2 Å². The minimum Gasteiger partial charge on any atom is -0.489 e. The zero-order chi connectivity index (χ0) is 15.0. The van der Waals surface area contributed by atoms with Gasteiger partial charge in [0.25, 0.3) is 0 Å². The van der Waals surface area contributed by atoms with Crippen LogP contribution in [0.15, 0.2) is 18.2 Å². The maximum Gasteiger partial charge on any atom is 0.339 e. The smallest absolute Gasteiger partial charge is 0.339 e. The maximum atomic E-state index is 13.4. The molecule has 1 N–H and O–H groups in total. The van der Waals surface area contributed by atoms with Crippen LogP contribution in [0.3, 0.4) is 0 Å². The predicted molar refractivity (Wildman–Crippen MR) is 73.2 cm³/mol. The summed E-state index contributed by atoms with van der Waals surface area (Å²) in [6.45, 7) is 1.31. The normalized spacial score (nSPS) is 29.1. The molecule has 1 aromatic carbocycles. The van der Waals surface area contributed by atoms with E-state index in [9.17, 15) is 9.18 Å². The number of fused-ring (bicyclic) bond motifs is 2. The van der Waals surface area contributed by atoms with E-state index in [1.54, 1.807) is 0 Å². The molecule has 6 heteroatoms. The van der Waals surface area contributed by atoms with E-state index in [0.29, 0.717) is 13.2 Å². The number of likely N-dealkylation sites (N-methyl/N-ethyl adjacent to an activating group) is 1. The van der Waals surface area contributed by atoms with Crippen molar-refractivity contribution in [2.75, 3.05) is 20.3 Å². The van der Waals surface area contributed by atoms with Crippen molar-refractivity contribution in [2.45, 2.75) is 31.0 Å². The van der Waals surface area contributed by atoms with E-state index in [1.165, 1.54) is 6.07 Å². The lowest BCUT2D eigenvalue weighted by atomic mass is 9.92. The van der Waals surface area contributed by atoms with Crippen LogP contribution >= 0.6 is 0 Å². The SMILES string of the molecule is CN1[C@@H]2COC[C@H]1C[C@@H](Oc1cc(F)ccc1C(=O)O)C2. The van der Waals surface area contributed by atoms with Crippen molar-refractivity contribution in [3.8, 4) is 5.75 Å². The van der Waals surface area contributed by atoms with Gasteiger partial charge in [0.15, 0.2) is 0 Å². The predicted octanol–water partition coefficient (Wildman–Crippen LogP) is 1.76. The zero-order valence-electron chi connectivity index (χ0n) is 11.8. The van der Waals surface area contributed by atoms with Crippen LogP contribution in [0.4, 0.5) is 4.39 Å². The Balaban J connectivity index is 1.78. The van der Waals surface area contributed by atoms with Gasteiger partial charge in [-0.1, -0.05) is 0 Å². The first-order valence-electron chi connectivity index (χ1n) is 7.04. The average Bonchev–Trinajstić information content (AvgIpc) is 2.39. The van der Waals surface area contributed by atoms with Gasteiger partial charge in [0, 0.05) is 31.0 Å². The fraction of sp³-hybridized carbons (Fsp3) is 0.533. The molecule has 0 radical (unpaired) electrons. The molecule has 0 unspecified atom stereocenters. The highest BCUT2D eigenvalue weighted by Crippen LogP contribution is 2.30. The third kappa shape index (κ3) is 2.87. The standard InChI is InChI=1S/C15H18FNO4/c1-17-10-5-12(6-11(17)8-20-7-10)21-14-4-9(16)2-3-13(14)15(18)19/h2-4,10-12H,5-8H2,1H3,(H,18,19)/t10-,11+,12-. The van der Waals surface area contributed by atoms with Crippen molar-refractivity contribution in [2.24, 2.45) is 0 Å². The molecular weight excluding hydrogens is 277 g/mol. The van der Waals surface area contributed by atoms with Crippen LogP contribution in [0.25, 0.3) is 0 Å². The summed E-state index contributed by atoms with van der Waals surface area (Å²) in [6, 6.07) is 4.06. The minimum absolute atomic E-state index is 0.00302. The third-order valence-corrected chi connectivity index (χ3v) is 4.31. The molecule has 21 heavy (non-hydrogen) atoms. The van der Waals surface area contributed by atoms with Crippen LogP contribution in [0.5, 0.6) is 5.75 Å². The number of hydrogen-bond acceptors (Lipinski definition) is 4. The summed E-state index contributed by atoms with van der Waals surface area (Å²) in [5, 5.41) is 9.16. The molecule has 0 saturated carbocycles. The van der Waals surface area contributed by atoms with Gasteiger partial charge < -0.3 is 14.6 Å². The first-order chi connectivity index (χ1) is 10.0. The summed E-state index contributed by atoms with van der Waals surface area (Å²) in [4.78, 5) is 13.5. The van der Waals surface area contributed by atoms with Crippen molar-refractivity contribution in [3.63, 3.8) is 0 Å². The summed E-state index contributed by atoms with van der Waals surface area (Å²) >= 11 is 0. The summed E-state index contributed by atoms with van der Waals surface area (Å²) in [5.41, 5.74) is -0.00302. The Morgan fingerprint density at radius 1 is 1.38 bits per heavy atom. The van der Waals surface area contributed by atoms with Crippen molar-refractivity contribution < 1.29 is 23.8 Å². The highest BCUT2D eigenvalue weighted by molar-refractivity contribution is 5.90. The molecule has 3 atom stereocenters. The molecule has 2 heterocycles. The molecule has 5 nitrogen and oxygen atoms in total. The Labute approximate surface area is 122 Å². The minimum atomic E-state index is -1.11. The Morgan fingerprint density at radius 3 is 2.67 bits per heavy atom. The molecule has 2 bridgehead atoms. The average molecular weight is 295 g/mol. The Morgan fingerprint density at radius 2 is 2.05 bits per heavy atom. The summed E-state index contributed by atoms with van der Waals surface area (Å²) in [6.07, 6.45) is 1.39. The first-order valence-corrected chi connectivity index (χ1v) is 7.04. The van der Waals surface area contributed by atoms with Crippen molar-refractivity contribution in [1.82, 2.24) is 4.90 Å². The van der Waals surface area contributed by atoms with E-state index in [0.717, 1.165) is 25.0 Å². The van der Waals surface area contributed by atoms with E-state index < -0.39 is 11.8 Å². The summed E-state index contributed by atoms with van der Waals surface area (Å²) in [7, 11) is 2.07. The number of ether oxygens (including phenoxy) is 2. The summed E-state index contributed by atoms with van der Waals surface area (Å²) < 4.78 is 24.7. The molecule has 2 aliphatic rings. The first kappa shape index (κ1) is 14.3. The molecule has 3 rings (SSSR count). The van der Waals surface area contributed by atoms with E-state index in [4.69, 9.17) is 14.6 Å². The van der Waals surface area contributed by atoms with Gasteiger partial charge in [-0.25, -0.2) is 9.18 Å². The number of halogens is 1. The molecular formula is C15H18FNO4. The quantitative estimate of drug-likeness (QED) is 0.921. The topological polar surface area (TPSA) is 59.0 Å². The van der Waals surface area contributed by atoms with E-state index in [2.05, 4.69) is 11.9 Å². The highest BCUT2D eigenvalue weighted by Gasteiger charge is 2.38.